The third kappa shape index (κ3) is 2.62. The van der Waals surface area contributed by atoms with Gasteiger partial charge in [-0.2, -0.15) is 0 Å². The van der Waals surface area contributed by atoms with Crippen LogP contribution in [0.4, 0.5) is 0 Å². The molecule has 3 nitrogen and oxygen atoms in total. The first-order valence-electron chi connectivity index (χ1n) is 9.81. The fourth-order valence-corrected chi connectivity index (χ4v) is 6.06. The van der Waals surface area contributed by atoms with Gasteiger partial charge in [0.1, 0.15) is 0 Å². The van der Waals surface area contributed by atoms with E-state index in [0.717, 1.165) is 29.5 Å². The molecular weight excluding hydrogens is 302 g/mol. The lowest BCUT2D eigenvalue weighted by molar-refractivity contribution is 0.0127. The summed E-state index contributed by atoms with van der Waals surface area (Å²) in [6, 6.07) is 2.12. The first kappa shape index (κ1) is 14.7. The van der Waals surface area contributed by atoms with E-state index in [4.69, 9.17) is 12.2 Å². The van der Waals surface area contributed by atoms with E-state index in [2.05, 4.69) is 21.2 Å². The fraction of sp³-hybridized carbons (Fsp3) is 0.842. The smallest absolute Gasteiger partial charge is 0.169 e. The maximum atomic E-state index is 5.80. The molecule has 0 aromatic heterocycles. The second-order valence-electron chi connectivity index (χ2n) is 8.42. The monoisotopic (exact) mass is 331 g/mol. The third-order valence-corrected chi connectivity index (χ3v) is 7.18. The van der Waals surface area contributed by atoms with Crippen LogP contribution in [0.15, 0.2) is 11.6 Å². The van der Waals surface area contributed by atoms with Gasteiger partial charge >= 0.3 is 0 Å². The Hall–Kier alpha value is -0.610. The highest BCUT2D eigenvalue weighted by atomic mass is 32.1. The normalized spacial score (nSPS) is 40.0. The molecule has 1 N–H and O–H groups in total. The van der Waals surface area contributed by atoms with Crippen LogP contribution in [0, 0.1) is 11.8 Å². The SMILES string of the molecule is S=C(NC1CC1)N1CCCC2=C[C@H]3C[C@@H](CN4CCCC[C@@H]34)[C@H]21. The molecule has 3 saturated heterocycles. The van der Waals surface area contributed by atoms with Crippen molar-refractivity contribution in [3.8, 4) is 0 Å². The predicted octanol–water partition coefficient (Wildman–Crippen LogP) is 2.92. The van der Waals surface area contributed by atoms with Gasteiger partial charge in [-0.05, 0) is 75.5 Å². The maximum Gasteiger partial charge on any atom is 0.169 e. The molecule has 0 aromatic carbocycles. The van der Waals surface area contributed by atoms with Crippen molar-refractivity contribution >= 4 is 17.3 Å². The summed E-state index contributed by atoms with van der Waals surface area (Å²) in [5.74, 6) is 1.62. The molecule has 5 aliphatic rings. The van der Waals surface area contributed by atoms with Crippen LogP contribution in [0.5, 0.6) is 0 Å². The van der Waals surface area contributed by atoms with Crippen LogP contribution in [0.2, 0.25) is 0 Å². The van der Waals surface area contributed by atoms with E-state index in [1.807, 2.05) is 0 Å². The molecule has 0 aromatic rings. The minimum atomic E-state index is 0.599. The second-order valence-corrected chi connectivity index (χ2v) is 8.81. The first-order valence-corrected chi connectivity index (χ1v) is 10.2. The summed E-state index contributed by atoms with van der Waals surface area (Å²) in [6.07, 6.45) is 13.6. The largest absolute Gasteiger partial charge is 0.360 e. The van der Waals surface area contributed by atoms with Crippen LogP contribution in [-0.2, 0) is 0 Å². The second kappa shape index (κ2) is 5.73. The fourth-order valence-electron chi connectivity index (χ4n) is 5.69. The summed E-state index contributed by atoms with van der Waals surface area (Å²) in [6.45, 7) is 3.80. The van der Waals surface area contributed by atoms with Crippen LogP contribution in [-0.4, -0.2) is 52.7 Å². The van der Waals surface area contributed by atoms with Crippen LogP contribution in [0.3, 0.4) is 0 Å². The lowest BCUT2D eigenvalue weighted by Crippen LogP contribution is -2.61. The van der Waals surface area contributed by atoms with Crippen molar-refractivity contribution in [2.75, 3.05) is 19.6 Å². The van der Waals surface area contributed by atoms with E-state index in [9.17, 15) is 0 Å². The Kier molecular flexibility index (Phi) is 3.67. The highest BCUT2D eigenvalue weighted by Gasteiger charge is 2.46. The Balaban J connectivity index is 1.41. The van der Waals surface area contributed by atoms with Crippen LogP contribution >= 0.6 is 12.2 Å². The quantitative estimate of drug-likeness (QED) is 0.588. The molecule has 4 fully saturated rings. The Morgan fingerprint density at radius 2 is 2.04 bits per heavy atom. The number of nitrogens with one attached hydrogen (secondary N) is 1. The molecule has 0 spiro atoms. The Morgan fingerprint density at radius 1 is 1.13 bits per heavy atom. The first-order chi connectivity index (χ1) is 11.3. The Labute approximate surface area is 145 Å². The molecule has 5 rings (SSSR count). The van der Waals surface area contributed by atoms with Crippen LogP contribution < -0.4 is 5.32 Å². The molecule has 0 unspecified atom stereocenters. The van der Waals surface area contributed by atoms with Gasteiger partial charge in [0.15, 0.2) is 5.11 Å². The number of fused-ring (bicyclic) bond motifs is 6. The zero-order valence-corrected chi connectivity index (χ0v) is 14.9. The van der Waals surface area contributed by atoms with E-state index >= 15 is 0 Å². The summed E-state index contributed by atoms with van der Waals surface area (Å²) >= 11 is 5.80. The molecule has 126 valence electrons. The van der Waals surface area contributed by atoms with Crippen molar-refractivity contribution < 1.29 is 0 Å². The highest BCUT2D eigenvalue weighted by molar-refractivity contribution is 7.80. The van der Waals surface area contributed by atoms with Gasteiger partial charge in [-0.15, -0.1) is 0 Å². The summed E-state index contributed by atoms with van der Waals surface area (Å²) in [4.78, 5) is 5.38. The number of likely N-dealkylation sites (tertiary alicyclic amines) is 1. The topological polar surface area (TPSA) is 18.5 Å². The zero-order valence-electron chi connectivity index (χ0n) is 14.0. The van der Waals surface area contributed by atoms with Crippen molar-refractivity contribution in [3.63, 3.8) is 0 Å². The van der Waals surface area contributed by atoms with E-state index in [-0.39, 0.29) is 0 Å². The lowest BCUT2D eigenvalue weighted by Gasteiger charge is -2.55. The number of nitrogens with zero attached hydrogens (tertiary/aromatic N) is 2. The molecule has 2 aliphatic carbocycles. The molecule has 0 radical (unpaired) electrons. The lowest BCUT2D eigenvalue weighted by atomic mass is 9.68. The van der Waals surface area contributed by atoms with Gasteiger partial charge in [-0.3, -0.25) is 4.90 Å². The summed E-state index contributed by atoms with van der Waals surface area (Å²) in [7, 11) is 0. The van der Waals surface area contributed by atoms with E-state index in [0.29, 0.717) is 12.1 Å². The average molecular weight is 332 g/mol. The Bertz CT molecular complexity index is 527. The molecule has 4 heteroatoms. The molecule has 0 amide bonds. The molecular formula is C19H29N3S. The van der Waals surface area contributed by atoms with Crippen molar-refractivity contribution in [2.24, 2.45) is 11.8 Å². The van der Waals surface area contributed by atoms with Crippen molar-refractivity contribution in [1.29, 1.82) is 0 Å². The number of rotatable bonds is 1. The van der Waals surface area contributed by atoms with Gasteiger partial charge in [-0.25, -0.2) is 0 Å². The number of piperidine rings is 3. The third-order valence-electron chi connectivity index (χ3n) is 6.82. The molecule has 23 heavy (non-hydrogen) atoms. The van der Waals surface area contributed by atoms with Crippen LogP contribution in [0.1, 0.15) is 51.4 Å². The number of hydrogen-bond donors (Lipinski definition) is 1. The highest BCUT2D eigenvalue weighted by Crippen LogP contribution is 2.45. The van der Waals surface area contributed by atoms with E-state index < -0.39 is 0 Å². The van der Waals surface area contributed by atoms with Gasteiger partial charge in [0.25, 0.3) is 0 Å². The number of hydrogen-bond acceptors (Lipinski definition) is 2. The van der Waals surface area contributed by atoms with E-state index in [1.165, 1.54) is 64.5 Å². The maximum absolute atomic E-state index is 5.80. The van der Waals surface area contributed by atoms with Gasteiger partial charge in [0.05, 0.1) is 6.04 Å². The van der Waals surface area contributed by atoms with Crippen molar-refractivity contribution in [1.82, 2.24) is 15.1 Å². The summed E-state index contributed by atoms with van der Waals surface area (Å²) in [5, 5.41) is 4.65. The Morgan fingerprint density at radius 3 is 2.91 bits per heavy atom. The predicted molar refractivity (Wildman–Crippen MR) is 97.4 cm³/mol. The van der Waals surface area contributed by atoms with Crippen molar-refractivity contribution in [2.45, 2.75) is 69.5 Å². The minimum absolute atomic E-state index is 0.599. The van der Waals surface area contributed by atoms with Gasteiger partial charge in [-0.1, -0.05) is 18.1 Å². The summed E-state index contributed by atoms with van der Waals surface area (Å²) < 4.78 is 0. The van der Waals surface area contributed by atoms with Crippen molar-refractivity contribution in [3.05, 3.63) is 11.6 Å². The van der Waals surface area contributed by atoms with E-state index in [1.54, 1.807) is 5.57 Å². The zero-order chi connectivity index (χ0) is 15.4. The standard InChI is InChI=1S/C19H29N3S/c23-19(20-16-6-7-16)22-9-3-4-13-10-14-11-15(18(13)22)12-21-8-2-1-5-17(14)21/h10,14-18H,1-9,11-12H2,(H,20,23)/t14-,15-,17-,18-/m0/s1. The average Bonchev–Trinajstić information content (AvgIpc) is 3.38. The van der Waals surface area contributed by atoms with Crippen LogP contribution in [0.25, 0.3) is 0 Å². The molecule has 2 bridgehead atoms. The number of thiocarbonyl (C=S) groups is 1. The molecule has 1 saturated carbocycles. The summed E-state index contributed by atoms with van der Waals surface area (Å²) in [5.41, 5.74) is 1.72. The molecule has 3 heterocycles. The molecule has 4 atom stereocenters. The van der Waals surface area contributed by atoms with Gasteiger partial charge < -0.3 is 10.2 Å². The van der Waals surface area contributed by atoms with Gasteiger partial charge in [0.2, 0.25) is 0 Å². The van der Waals surface area contributed by atoms with Gasteiger partial charge in [0, 0.05) is 25.2 Å². The molecule has 3 aliphatic heterocycles. The minimum Gasteiger partial charge on any atom is -0.360 e.